The van der Waals surface area contributed by atoms with Gasteiger partial charge in [0, 0.05) is 17.1 Å². The van der Waals surface area contributed by atoms with Crippen molar-refractivity contribution in [2.45, 2.75) is 50.1 Å². The molecule has 2 aliphatic carbocycles. The summed E-state index contributed by atoms with van der Waals surface area (Å²) in [5.74, 6) is -2.06. The molecule has 5 atom stereocenters. The van der Waals surface area contributed by atoms with E-state index in [4.69, 9.17) is 15.2 Å². The molecule has 7 heteroatoms. The number of carbonyl (C=O) groups excluding carboxylic acids is 2. The highest BCUT2D eigenvalue weighted by atomic mass is 32.2. The molecular formula is C15H24FNO4S. The number of ether oxygens (including phenoxy) is 2. The fourth-order valence-corrected chi connectivity index (χ4v) is 4.92. The Labute approximate surface area is 134 Å². The number of rotatable bonds is 7. The molecule has 0 aromatic heterocycles. The minimum atomic E-state index is -2.14. The molecule has 0 aromatic carbocycles. The number of carbonyl (C=O) groups is 2. The number of hydrogen-bond acceptors (Lipinski definition) is 6. The van der Waals surface area contributed by atoms with E-state index in [0.29, 0.717) is 6.42 Å². The number of fused-ring (bicyclic) bond motifs is 1. The van der Waals surface area contributed by atoms with Gasteiger partial charge in [0.25, 0.3) is 0 Å². The summed E-state index contributed by atoms with van der Waals surface area (Å²) in [5.41, 5.74) is 2.73. The number of esters is 2. The van der Waals surface area contributed by atoms with Gasteiger partial charge in [-0.05, 0) is 32.4 Å². The van der Waals surface area contributed by atoms with Gasteiger partial charge in [0.15, 0.2) is 0 Å². The van der Waals surface area contributed by atoms with Gasteiger partial charge in [0.2, 0.25) is 5.67 Å². The summed E-state index contributed by atoms with van der Waals surface area (Å²) in [5, 5.41) is -0.222. The Morgan fingerprint density at radius 1 is 1.23 bits per heavy atom. The zero-order valence-electron chi connectivity index (χ0n) is 13.3. The standard InChI is InChI=1S/C15H24FNO4S/c1-4-7-22-10-8-9-11(14(9,16)12(18)20-5-2)15(10,17)13(19)21-6-3/h9-11H,4-8,17H2,1-3H3/t9-,10-,11+,14-,15+/m1/s1. The lowest BCUT2D eigenvalue weighted by Crippen LogP contribution is -2.59. The van der Waals surface area contributed by atoms with Crippen LogP contribution in [0.3, 0.4) is 0 Å². The molecule has 0 radical (unpaired) electrons. The maximum atomic E-state index is 15.0. The summed E-state index contributed by atoms with van der Waals surface area (Å²) in [7, 11) is 0. The normalized spacial score (nSPS) is 39.2. The first-order chi connectivity index (χ1) is 10.4. The van der Waals surface area contributed by atoms with Crippen LogP contribution in [0, 0.1) is 11.8 Å². The molecule has 2 saturated carbocycles. The summed E-state index contributed by atoms with van der Waals surface area (Å²) in [6.07, 6.45) is 1.34. The molecule has 0 aromatic rings. The van der Waals surface area contributed by atoms with Crippen LogP contribution < -0.4 is 5.73 Å². The zero-order valence-corrected chi connectivity index (χ0v) is 14.1. The molecule has 2 N–H and O–H groups in total. The summed E-state index contributed by atoms with van der Waals surface area (Å²) < 4.78 is 24.9. The van der Waals surface area contributed by atoms with Crippen molar-refractivity contribution in [1.29, 1.82) is 0 Å². The van der Waals surface area contributed by atoms with E-state index in [9.17, 15) is 9.59 Å². The van der Waals surface area contributed by atoms with Crippen molar-refractivity contribution < 1.29 is 23.5 Å². The van der Waals surface area contributed by atoms with Crippen LogP contribution >= 0.6 is 11.8 Å². The average molecular weight is 333 g/mol. The van der Waals surface area contributed by atoms with Gasteiger partial charge in [-0.25, -0.2) is 14.0 Å². The molecular weight excluding hydrogens is 309 g/mol. The van der Waals surface area contributed by atoms with Gasteiger partial charge in [-0.1, -0.05) is 6.92 Å². The van der Waals surface area contributed by atoms with Crippen LogP contribution in [-0.4, -0.2) is 47.4 Å². The second-order valence-electron chi connectivity index (χ2n) is 5.82. The van der Waals surface area contributed by atoms with Crippen molar-refractivity contribution in [2.75, 3.05) is 19.0 Å². The Morgan fingerprint density at radius 3 is 2.36 bits per heavy atom. The van der Waals surface area contributed by atoms with Gasteiger partial charge in [-0.15, -0.1) is 0 Å². The van der Waals surface area contributed by atoms with E-state index in [1.807, 2.05) is 6.92 Å². The van der Waals surface area contributed by atoms with Crippen molar-refractivity contribution >= 4 is 23.7 Å². The average Bonchev–Trinajstić information content (AvgIpc) is 2.95. The molecule has 5 nitrogen and oxygen atoms in total. The second kappa shape index (κ2) is 6.35. The van der Waals surface area contributed by atoms with Crippen LogP contribution in [0.15, 0.2) is 0 Å². The second-order valence-corrected chi connectivity index (χ2v) is 7.13. The third kappa shape index (κ3) is 2.42. The molecule has 2 rings (SSSR count). The van der Waals surface area contributed by atoms with E-state index in [1.54, 1.807) is 25.6 Å². The smallest absolute Gasteiger partial charge is 0.344 e. The number of halogens is 1. The quantitative estimate of drug-likeness (QED) is 0.714. The largest absolute Gasteiger partial charge is 0.465 e. The SMILES string of the molecule is CCCS[C@@H]1C[C@@H]2[C@H]([C@]1(N)C(=O)OCC)[C@@]2(F)C(=O)OCC. The van der Waals surface area contributed by atoms with Gasteiger partial charge in [-0.3, -0.25) is 0 Å². The van der Waals surface area contributed by atoms with Crippen molar-refractivity contribution in [2.24, 2.45) is 17.6 Å². The number of thioether (sulfide) groups is 1. The summed E-state index contributed by atoms with van der Waals surface area (Å²) >= 11 is 1.56. The molecule has 0 unspecified atom stereocenters. The Balaban J connectivity index is 2.23. The fraction of sp³-hybridized carbons (Fsp3) is 0.867. The molecule has 0 heterocycles. The molecule has 0 spiro atoms. The number of alkyl halides is 1. The summed E-state index contributed by atoms with van der Waals surface area (Å²) in [6, 6.07) is 0. The van der Waals surface area contributed by atoms with Gasteiger partial charge >= 0.3 is 11.9 Å². The minimum absolute atomic E-state index is 0.106. The van der Waals surface area contributed by atoms with Crippen LogP contribution in [0.1, 0.15) is 33.6 Å². The van der Waals surface area contributed by atoms with E-state index >= 15 is 4.39 Å². The predicted molar refractivity (Wildman–Crippen MR) is 82.2 cm³/mol. The zero-order chi connectivity index (χ0) is 16.5. The summed E-state index contributed by atoms with van der Waals surface area (Å²) in [4.78, 5) is 24.3. The van der Waals surface area contributed by atoms with Crippen molar-refractivity contribution in [3.8, 4) is 0 Å². The van der Waals surface area contributed by atoms with Gasteiger partial charge in [0.1, 0.15) is 5.54 Å². The highest BCUT2D eigenvalue weighted by Crippen LogP contribution is 2.69. The van der Waals surface area contributed by atoms with E-state index in [-0.39, 0.29) is 18.5 Å². The molecule has 0 aliphatic heterocycles. The molecule has 0 bridgehead atoms. The Hall–Kier alpha value is -0.820. The Kier molecular flexibility index (Phi) is 5.06. The molecule has 0 amide bonds. The van der Waals surface area contributed by atoms with E-state index in [0.717, 1.165) is 12.2 Å². The first-order valence-electron chi connectivity index (χ1n) is 7.82. The van der Waals surface area contributed by atoms with E-state index in [1.165, 1.54) is 0 Å². The van der Waals surface area contributed by atoms with Gasteiger partial charge in [0.05, 0.1) is 13.2 Å². The van der Waals surface area contributed by atoms with Crippen LogP contribution in [-0.2, 0) is 19.1 Å². The van der Waals surface area contributed by atoms with E-state index in [2.05, 4.69) is 0 Å². The maximum Gasteiger partial charge on any atom is 0.344 e. The van der Waals surface area contributed by atoms with Crippen LogP contribution in [0.25, 0.3) is 0 Å². The lowest BCUT2D eigenvalue weighted by molar-refractivity contribution is -0.156. The topological polar surface area (TPSA) is 78.6 Å². The molecule has 126 valence electrons. The maximum absolute atomic E-state index is 15.0. The van der Waals surface area contributed by atoms with Crippen LogP contribution in [0.4, 0.5) is 4.39 Å². The lowest BCUT2D eigenvalue weighted by atomic mass is 9.90. The van der Waals surface area contributed by atoms with Crippen LogP contribution in [0.2, 0.25) is 0 Å². The molecule has 2 fully saturated rings. The third-order valence-corrected chi connectivity index (χ3v) is 6.17. The fourth-order valence-electron chi connectivity index (χ4n) is 3.54. The predicted octanol–water partition coefficient (Wildman–Crippen LogP) is 1.68. The summed E-state index contributed by atoms with van der Waals surface area (Å²) in [6.45, 7) is 5.63. The molecule has 2 aliphatic rings. The van der Waals surface area contributed by atoms with Crippen molar-refractivity contribution in [1.82, 2.24) is 0 Å². The van der Waals surface area contributed by atoms with Gasteiger partial charge in [-0.2, -0.15) is 11.8 Å². The third-order valence-electron chi connectivity index (χ3n) is 4.54. The lowest BCUT2D eigenvalue weighted by Gasteiger charge is -2.33. The Bertz CT molecular complexity index is 463. The monoisotopic (exact) mass is 333 g/mol. The number of nitrogens with two attached hydrogens (primary N) is 1. The van der Waals surface area contributed by atoms with Crippen molar-refractivity contribution in [3.05, 3.63) is 0 Å². The van der Waals surface area contributed by atoms with Crippen LogP contribution in [0.5, 0.6) is 0 Å². The highest BCUT2D eigenvalue weighted by Gasteiger charge is 2.85. The number of hydrogen-bond donors (Lipinski definition) is 1. The first kappa shape index (κ1) is 17.5. The molecule has 22 heavy (non-hydrogen) atoms. The Morgan fingerprint density at radius 2 is 1.82 bits per heavy atom. The van der Waals surface area contributed by atoms with Crippen molar-refractivity contribution in [3.63, 3.8) is 0 Å². The highest BCUT2D eigenvalue weighted by molar-refractivity contribution is 8.00. The van der Waals surface area contributed by atoms with E-state index < -0.39 is 35.0 Å². The van der Waals surface area contributed by atoms with Gasteiger partial charge < -0.3 is 15.2 Å². The molecule has 0 saturated heterocycles. The minimum Gasteiger partial charge on any atom is -0.465 e. The first-order valence-corrected chi connectivity index (χ1v) is 8.87.